The number of hydrogen-bond acceptors (Lipinski definition) is 5. The quantitative estimate of drug-likeness (QED) is 0.766. The average molecular weight is 330 g/mol. The molecule has 0 unspecified atom stereocenters. The van der Waals surface area contributed by atoms with Crippen molar-refractivity contribution in [2.45, 2.75) is 44.7 Å². The molecule has 0 N–H and O–H groups in total. The number of sulfone groups is 1. The van der Waals surface area contributed by atoms with Crippen LogP contribution in [0.2, 0.25) is 0 Å². The van der Waals surface area contributed by atoms with Gasteiger partial charge in [0.05, 0.1) is 17.4 Å². The Kier molecular flexibility index (Phi) is 4.23. The van der Waals surface area contributed by atoms with E-state index in [1.54, 1.807) is 11.8 Å². The van der Waals surface area contributed by atoms with Gasteiger partial charge in [0.2, 0.25) is 0 Å². The summed E-state index contributed by atoms with van der Waals surface area (Å²) in [5, 5.41) is 1.95. The van der Waals surface area contributed by atoms with Crippen LogP contribution >= 0.6 is 11.8 Å². The maximum atomic E-state index is 12.7. The molecule has 0 radical (unpaired) electrons. The molecule has 1 amide bonds. The first-order valence-corrected chi connectivity index (χ1v) is 10.4. The SMILES string of the molecule is C[C@H]1CCCN1C(=O)C1=CSCN1C1CCS(=O)(=O)CC1. The summed E-state index contributed by atoms with van der Waals surface area (Å²) in [5.74, 6) is 1.40. The number of carbonyl (C=O) groups is 1. The first kappa shape index (κ1) is 15.2. The average Bonchev–Trinajstić information content (AvgIpc) is 3.07. The normalized spacial score (nSPS) is 29.8. The number of carbonyl (C=O) groups excluding carboxylic acids is 1. The maximum Gasteiger partial charge on any atom is 0.270 e. The molecule has 3 aliphatic rings. The van der Waals surface area contributed by atoms with Crippen molar-refractivity contribution in [3.05, 3.63) is 11.1 Å². The van der Waals surface area contributed by atoms with Gasteiger partial charge >= 0.3 is 0 Å². The molecule has 0 aliphatic carbocycles. The number of thioether (sulfide) groups is 1. The highest BCUT2D eigenvalue weighted by atomic mass is 32.2. The van der Waals surface area contributed by atoms with Crippen molar-refractivity contribution >= 4 is 27.5 Å². The van der Waals surface area contributed by atoms with Crippen molar-refractivity contribution in [2.75, 3.05) is 23.9 Å². The highest BCUT2D eigenvalue weighted by Gasteiger charge is 2.36. The topological polar surface area (TPSA) is 57.7 Å². The summed E-state index contributed by atoms with van der Waals surface area (Å²) in [4.78, 5) is 16.8. The van der Waals surface area contributed by atoms with Gasteiger partial charge in [-0.05, 0) is 32.6 Å². The van der Waals surface area contributed by atoms with Crippen molar-refractivity contribution in [3.8, 4) is 0 Å². The molecular weight excluding hydrogens is 308 g/mol. The van der Waals surface area contributed by atoms with E-state index >= 15 is 0 Å². The van der Waals surface area contributed by atoms with E-state index in [1.165, 1.54) is 0 Å². The molecule has 0 aromatic rings. The van der Waals surface area contributed by atoms with Gasteiger partial charge in [-0.15, -0.1) is 11.8 Å². The van der Waals surface area contributed by atoms with Crippen LogP contribution in [0.25, 0.3) is 0 Å². The van der Waals surface area contributed by atoms with Gasteiger partial charge in [0, 0.05) is 24.0 Å². The fraction of sp³-hybridized carbons (Fsp3) is 0.786. The molecule has 3 aliphatic heterocycles. The number of hydrogen-bond donors (Lipinski definition) is 0. The van der Waals surface area contributed by atoms with Gasteiger partial charge in [0.15, 0.2) is 0 Å². The van der Waals surface area contributed by atoms with Crippen molar-refractivity contribution in [3.63, 3.8) is 0 Å². The molecule has 0 saturated carbocycles. The highest BCUT2D eigenvalue weighted by Crippen LogP contribution is 2.32. The predicted molar refractivity (Wildman–Crippen MR) is 84.5 cm³/mol. The van der Waals surface area contributed by atoms with Gasteiger partial charge in [0.25, 0.3) is 5.91 Å². The molecule has 0 spiro atoms. The van der Waals surface area contributed by atoms with Crippen molar-refractivity contribution < 1.29 is 13.2 Å². The molecule has 0 bridgehead atoms. The summed E-state index contributed by atoms with van der Waals surface area (Å²) in [6.45, 7) is 2.94. The molecule has 118 valence electrons. The predicted octanol–water partition coefficient (Wildman–Crippen LogP) is 1.42. The molecular formula is C14H22N2O3S2. The summed E-state index contributed by atoms with van der Waals surface area (Å²) in [7, 11) is -2.86. The first-order valence-electron chi connectivity index (χ1n) is 7.58. The second kappa shape index (κ2) is 5.83. The van der Waals surface area contributed by atoms with E-state index < -0.39 is 9.84 Å². The highest BCUT2D eigenvalue weighted by molar-refractivity contribution is 8.02. The standard InChI is InChI=1S/C14H22N2O3S2/c1-11-3-2-6-15(11)14(17)13-9-20-10-16(13)12-4-7-21(18,19)8-5-12/h9,11-12H,2-8,10H2,1H3/t11-/m0/s1. The molecule has 1 atom stereocenters. The Hall–Kier alpha value is -0.690. The summed E-state index contributed by atoms with van der Waals surface area (Å²) >= 11 is 1.64. The first-order chi connectivity index (χ1) is 9.98. The Bertz CT molecular complexity index is 545. The third-order valence-electron chi connectivity index (χ3n) is 4.72. The van der Waals surface area contributed by atoms with Crippen LogP contribution in [0.4, 0.5) is 0 Å². The van der Waals surface area contributed by atoms with Crippen LogP contribution in [-0.4, -0.2) is 60.1 Å². The van der Waals surface area contributed by atoms with Crippen LogP contribution in [0.3, 0.4) is 0 Å². The van der Waals surface area contributed by atoms with E-state index in [4.69, 9.17) is 0 Å². The van der Waals surface area contributed by atoms with Crippen LogP contribution in [0.5, 0.6) is 0 Å². The Morgan fingerprint density at radius 1 is 1.29 bits per heavy atom. The Morgan fingerprint density at radius 2 is 2.00 bits per heavy atom. The van der Waals surface area contributed by atoms with Crippen molar-refractivity contribution in [2.24, 2.45) is 0 Å². The lowest BCUT2D eigenvalue weighted by molar-refractivity contribution is -0.129. The van der Waals surface area contributed by atoms with E-state index in [0.29, 0.717) is 18.9 Å². The van der Waals surface area contributed by atoms with E-state index in [2.05, 4.69) is 11.8 Å². The van der Waals surface area contributed by atoms with Gasteiger partial charge in [-0.25, -0.2) is 8.42 Å². The molecule has 0 aromatic heterocycles. The smallest absolute Gasteiger partial charge is 0.270 e. The second-order valence-electron chi connectivity index (χ2n) is 6.14. The summed E-state index contributed by atoms with van der Waals surface area (Å²) in [6, 6.07) is 0.509. The minimum Gasteiger partial charge on any atom is -0.354 e. The molecule has 3 rings (SSSR count). The molecule has 3 heterocycles. The van der Waals surface area contributed by atoms with Crippen LogP contribution < -0.4 is 0 Å². The Balaban J connectivity index is 1.69. The minimum absolute atomic E-state index is 0.124. The molecule has 2 fully saturated rings. The largest absolute Gasteiger partial charge is 0.354 e. The van der Waals surface area contributed by atoms with Crippen molar-refractivity contribution in [1.82, 2.24) is 9.80 Å². The van der Waals surface area contributed by atoms with Crippen molar-refractivity contribution in [1.29, 1.82) is 0 Å². The molecule has 7 heteroatoms. The van der Waals surface area contributed by atoms with Crippen LogP contribution in [-0.2, 0) is 14.6 Å². The van der Waals surface area contributed by atoms with E-state index in [0.717, 1.165) is 31.0 Å². The van der Waals surface area contributed by atoms with Gasteiger partial charge < -0.3 is 9.80 Å². The molecule has 2 saturated heterocycles. The lowest BCUT2D eigenvalue weighted by Crippen LogP contribution is -2.44. The van der Waals surface area contributed by atoms with Crippen LogP contribution in [0, 0.1) is 0 Å². The zero-order chi connectivity index (χ0) is 15.0. The fourth-order valence-electron chi connectivity index (χ4n) is 3.38. The fourth-order valence-corrected chi connectivity index (χ4v) is 5.83. The lowest BCUT2D eigenvalue weighted by atomic mass is 10.1. The summed E-state index contributed by atoms with van der Waals surface area (Å²) in [6.07, 6.45) is 3.44. The van der Waals surface area contributed by atoms with E-state index in [9.17, 15) is 13.2 Å². The van der Waals surface area contributed by atoms with Crippen LogP contribution in [0.1, 0.15) is 32.6 Å². The van der Waals surface area contributed by atoms with Crippen LogP contribution in [0.15, 0.2) is 11.1 Å². The summed E-state index contributed by atoms with van der Waals surface area (Å²) in [5.41, 5.74) is 0.776. The van der Waals surface area contributed by atoms with Gasteiger partial charge in [-0.3, -0.25) is 4.79 Å². The Labute approximate surface area is 130 Å². The van der Waals surface area contributed by atoms with E-state index in [1.807, 2.05) is 10.3 Å². The molecule has 5 nitrogen and oxygen atoms in total. The zero-order valence-corrected chi connectivity index (χ0v) is 14.0. The number of rotatable bonds is 2. The van der Waals surface area contributed by atoms with Gasteiger partial charge in [-0.1, -0.05) is 0 Å². The monoisotopic (exact) mass is 330 g/mol. The minimum atomic E-state index is -2.86. The third-order valence-corrected chi connectivity index (χ3v) is 7.25. The van der Waals surface area contributed by atoms with Gasteiger partial charge in [-0.2, -0.15) is 0 Å². The zero-order valence-electron chi connectivity index (χ0n) is 12.3. The number of likely N-dealkylation sites (tertiary alicyclic amines) is 1. The molecule has 0 aromatic carbocycles. The second-order valence-corrected chi connectivity index (χ2v) is 9.27. The maximum absolute atomic E-state index is 12.7. The number of nitrogens with zero attached hydrogens (tertiary/aromatic N) is 2. The summed E-state index contributed by atoms with van der Waals surface area (Å²) < 4.78 is 23.1. The van der Waals surface area contributed by atoms with Gasteiger partial charge in [0.1, 0.15) is 15.5 Å². The lowest BCUT2D eigenvalue weighted by Gasteiger charge is -2.35. The Morgan fingerprint density at radius 3 is 2.62 bits per heavy atom. The molecule has 21 heavy (non-hydrogen) atoms. The third kappa shape index (κ3) is 3.08. The van der Waals surface area contributed by atoms with E-state index in [-0.39, 0.29) is 23.5 Å². The number of amides is 1.